The van der Waals surface area contributed by atoms with Crippen LogP contribution >= 0.6 is 11.6 Å². The molecule has 0 saturated heterocycles. The van der Waals surface area contributed by atoms with E-state index in [-0.39, 0.29) is 12.3 Å². The summed E-state index contributed by atoms with van der Waals surface area (Å²) >= 11 is 6.25. The van der Waals surface area contributed by atoms with Crippen molar-refractivity contribution in [3.8, 4) is 0 Å². The lowest BCUT2D eigenvalue weighted by molar-refractivity contribution is -0.710. The van der Waals surface area contributed by atoms with Gasteiger partial charge in [-0.2, -0.15) is 0 Å². The molecule has 29 heavy (non-hydrogen) atoms. The molecule has 0 radical (unpaired) electrons. The lowest BCUT2D eigenvalue weighted by atomic mass is 10.1. The maximum atomic E-state index is 12.8. The first-order valence-electron chi connectivity index (χ1n) is 10.2. The van der Waals surface area contributed by atoms with E-state index in [1.54, 1.807) is 0 Å². The number of carbonyl (C=O) groups excluding carboxylic acids is 1. The largest absolute Gasteiger partial charge is 0.375 e. The summed E-state index contributed by atoms with van der Waals surface area (Å²) in [5, 5.41) is 9.05. The fourth-order valence-corrected chi connectivity index (χ4v) is 4.05. The lowest BCUT2D eigenvalue weighted by Gasteiger charge is -2.09. The summed E-state index contributed by atoms with van der Waals surface area (Å²) in [6, 6.07) is 15.3. The van der Waals surface area contributed by atoms with Crippen LogP contribution in [0.1, 0.15) is 46.8 Å². The highest BCUT2D eigenvalue weighted by Crippen LogP contribution is 2.23. The molecule has 1 aromatic heterocycles. The van der Waals surface area contributed by atoms with Crippen LogP contribution in [-0.4, -0.2) is 15.6 Å². The van der Waals surface area contributed by atoms with Crippen molar-refractivity contribution < 1.29 is 9.36 Å². The third-order valence-electron chi connectivity index (χ3n) is 5.53. The van der Waals surface area contributed by atoms with Gasteiger partial charge in [-0.3, -0.25) is 4.79 Å². The van der Waals surface area contributed by atoms with Crippen LogP contribution in [0.3, 0.4) is 0 Å². The van der Waals surface area contributed by atoms with E-state index in [9.17, 15) is 4.79 Å². The molecular formula is C23H26ClN4O+. The number of nitrogens with one attached hydrogen (secondary N) is 1. The minimum Gasteiger partial charge on any atom is -0.375 e. The van der Waals surface area contributed by atoms with Crippen LogP contribution in [0.2, 0.25) is 5.02 Å². The third kappa shape index (κ3) is 4.35. The van der Waals surface area contributed by atoms with Gasteiger partial charge in [0.05, 0.1) is 6.54 Å². The Hall–Kier alpha value is -2.66. The number of Topliss-reactive ketones (excluding diaryl/α,β-unsaturated/α-hetero) is 1. The number of rotatable bonds is 6. The predicted octanol–water partition coefficient (Wildman–Crippen LogP) is 4.35. The molecule has 0 bridgehead atoms. The summed E-state index contributed by atoms with van der Waals surface area (Å²) in [6.07, 6.45) is 4.42. The smallest absolute Gasteiger partial charge is 0.296 e. The Morgan fingerprint density at radius 2 is 1.97 bits per heavy atom. The lowest BCUT2D eigenvalue weighted by Crippen LogP contribution is -2.41. The molecule has 2 heterocycles. The van der Waals surface area contributed by atoms with Gasteiger partial charge in [-0.15, -0.1) is 4.68 Å². The van der Waals surface area contributed by atoms with Gasteiger partial charge in [-0.25, -0.2) is 4.57 Å². The average molecular weight is 410 g/mol. The van der Waals surface area contributed by atoms with Crippen LogP contribution in [0.4, 0.5) is 5.69 Å². The van der Waals surface area contributed by atoms with Crippen molar-refractivity contribution >= 4 is 23.1 Å². The van der Waals surface area contributed by atoms with E-state index >= 15 is 0 Å². The van der Waals surface area contributed by atoms with Crippen molar-refractivity contribution in [1.82, 2.24) is 9.78 Å². The average Bonchev–Trinajstić information content (AvgIpc) is 2.90. The monoisotopic (exact) mass is 409 g/mol. The number of benzene rings is 2. The van der Waals surface area contributed by atoms with E-state index in [0.29, 0.717) is 6.54 Å². The molecule has 0 saturated carbocycles. The van der Waals surface area contributed by atoms with Gasteiger partial charge in [0.1, 0.15) is 6.54 Å². The second kappa shape index (κ2) is 8.78. The molecule has 0 aliphatic carbocycles. The van der Waals surface area contributed by atoms with Crippen molar-refractivity contribution in [1.29, 1.82) is 0 Å². The summed E-state index contributed by atoms with van der Waals surface area (Å²) in [7, 11) is 0. The zero-order chi connectivity index (χ0) is 20.2. The van der Waals surface area contributed by atoms with Gasteiger partial charge in [-0.05, 0) is 43.9 Å². The molecule has 4 rings (SSSR count). The quantitative estimate of drug-likeness (QED) is 0.486. The summed E-state index contributed by atoms with van der Waals surface area (Å²) < 4.78 is 4.20. The maximum absolute atomic E-state index is 12.8. The molecule has 150 valence electrons. The van der Waals surface area contributed by atoms with Crippen molar-refractivity contribution in [2.75, 3.05) is 5.32 Å². The molecule has 5 nitrogen and oxygen atoms in total. The Balaban J connectivity index is 1.59. The van der Waals surface area contributed by atoms with Gasteiger partial charge in [0, 0.05) is 27.8 Å². The van der Waals surface area contributed by atoms with E-state index in [1.807, 2.05) is 60.1 Å². The molecule has 1 aliphatic rings. The van der Waals surface area contributed by atoms with Crippen molar-refractivity contribution in [3.63, 3.8) is 0 Å². The molecule has 2 aromatic carbocycles. The van der Waals surface area contributed by atoms with Gasteiger partial charge in [0.2, 0.25) is 5.82 Å². The summed E-state index contributed by atoms with van der Waals surface area (Å²) in [6.45, 7) is 3.83. The van der Waals surface area contributed by atoms with Crippen LogP contribution in [0, 0.1) is 6.92 Å². The number of ketones is 1. The SMILES string of the molecule is Cc1c(Cl)cccc1NCc1nn(CC(=O)c2ccccc2)c2[n+]1CCCCC2. The Labute approximate surface area is 176 Å². The fraction of sp³-hybridized carbons (Fsp3) is 0.348. The second-order valence-corrected chi connectivity index (χ2v) is 7.91. The molecule has 0 fully saturated rings. The Bertz CT molecular complexity index is 1010. The van der Waals surface area contributed by atoms with E-state index in [1.165, 1.54) is 6.42 Å². The minimum atomic E-state index is 0.0888. The van der Waals surface area contributed by atoms with Gasteiger partial charge in [-0.1, -0.05) is 48.0 Å². The first-order valence-corrected chi connectivity index (χ1v) is 10.6. The summed E-state index contributed by atoms with van der Waals surface area (Å²) in [5.74, 6) is 2.19. The zero-order valence-corrected chi connectivity index (χ0v) is 17.5. The number of hydrogen-bond donors (Lipinski definition) is 1. The molecule has 0 amide bonds. The number of hydrogen-bond acceptors (Lipinski definition) is 3. The van der Waals surface area contributed by atoms with Gasteiger partial charge < -0.3 is 5.32 Å². The molecule has 0 unspecified atom stereocenters. The van der Waals surface area contributed by atoms with Crippen LogP contribution in [-0.2, 0) is 26.1 Å². The number of anilines is 1. The van der Waals surface area contributed by atoms with Gasteiger partial charge in [0.15, 0.2) is 12.3 Å². The summed E-state index contributed by atoms with van der Waals surface area (Å²) in [4.78, 5) is 12.8. The number of fused-ring (bicyclic) bond motifs is 1. The van der Waals surface area contributed by atoms with Gasteiger partial charge in [0.25, 0.3) is 5.82 Å². The first kappa shape index (κ1) is 19.6. The number of nitrogens with zero attached hydrogens (tertiary/aromatic N) is 3. The molecule has 3 aromatic rings. The van der Waals surface area contributed by atoms with Crippen LogP contribution in [0.5, 0.6) is 0 Å². The van der Waals surface area contributed by atoms with E-state index in [4.69, 9.17) is 16.7 Å². The van der Waals surface area contributed by atoms with E-state index in [0.717, 1.165) is 59.3 Å². The van der Waals surface area contributed by atoms with Crippen molar-refractivity contribution in [2.45, 2.75) is 52.2 Å². The molecule has 1 aliphatic heterocycles. The summed E-state index contributed by atoms with van der Waals surface area (Å²) in [5.41, 5.74) is 2.77. The van der Waals surface area contributed by atoms with Crippen LogP contribution < -0.4 is 9.88 Å². The maximum Gasteiger partial charge on any atom is 0.296 e. The third-order valence-corrected chi connectivity index (χ3v) is 5.94. The van der Waals surface area contributed by atoms with Crippen LogP contribution in [0.15, 0.2) is 48.5 Å². The molecule has 1 N–H and O–H groups in total. The Morgan fingerprint density at radius 3 is 2.79 bits per heavy atom. The molecular weight excluding hydrogens is 384 g/mol. The number of halogens is 1. The van der Waals surface area contributed by atoms with Crippen LogP contribution in [0.25, 0.3) is 0 Å². The highest BCUT2D eigenvalue weighted by atomic mass is 35.5. The van der Waals surface area contributed by atoms with Gasteiger partial charge >= 0.3 is 0 Å². The van der Waals surface area contributed by atoms with E-state index < -0.39 is 0 Å². The topological polar surface area (TPSA) is 50.8 Å². The standard InChI is InChI=1S/C23H26ClN4O/c1-17-19(24)11-8-12-20(17)25-15-22-26-28(23-13-6-3-7-14-27(22)23)16-21(29)18-9-4-2-5-10-18/h2,4-5,8-12,25H,3,6-7,13-16H2,1H3/q+1. The molecule has 0 spiro atoms. The Kier molecular flexibility index (Phi) is 5.95. The predicted molar refractivity (Wildman–Crippen MR) is 114 cm³/mol. The fourth-order valence-electron chi connectivity index (χ4n) is 3.87. The highest BCUT2D eigenvalue weighted by Gasteiger charge is 2.28. The Morgan fingerprint density at radius 1 is 1.14 bits per heavy atom. The molecule has 0 atom stereocenters. The molecule has 6 heteroatoms. The number of carbonyl (C=O) groups is 1. The highest BCUT2D eigenvalue weighted by molar-refractivity contribution is 6.31. The normalized spacial score (nSPS) is 13.6. The second-order valence-electron chi connectivity index (χ2n) is 7.51. The minimum absolute atomic E-state index is 0.0888. The van der Waals surface area contributed by atoms with E-state index in [2.05, 4.69) is 9.88 Å². The first-order chi connectivity index (χ1) is 14.1. The zero-order valence-electron chi connectivity index (χ0n) is 16.7. The van der Waals surface area contributed by atoms with Crippen molar-refractivity contribution in [3.05, 3.63) is 76.3 Å². The van der Waals surface area contributed by atoms with Crippen molar-refractivity contribution in [2.24, 2.45) is 0 Å². The number of aromatic nitrogens is 3.